The van der Waals surface area contributed by atoms with E-state index >= 15 is 0 Å². The molecule has 1 aliphatic rings. The smallest absolute Gasteiger partial charge is 0.234 e. The van der Waals surface area contributed by atoms with Crippen molar-refractivity contribution in [2.75, 3.05) is 0 Å². The summed E-state index contributed by atoms with van der Waals surface area (Å²) in [5.74, 6) is -0.540. The molecule has 0 aromatic heterocycles. The van der Waals surface area contributed by atoms with E-state index in [2.05, 4.69) is 13.8 Å². The molecule has 0 saturated heterocycles. The first kappa shape index (κ1) is 13.5. The number of rotatable bonds is 4. The van der Waals surface area contributed by atoms with E-state index in [1.54, 1.807) is 24.3 Å². The van der Waals surface area contributed by atoms with E-state index in [4.69, 9.17) is 0 Å². The van der Waals surface area contributed by atoms with Crippen LogP contribution in [-0.4, -0.2) is 16.7 Å². The van der Waals surface area contributed by atoms with Crippen molar-refractivity contribution in [1.29, 1.82) is 0 Å². The maximum atomic E-state index is 12.0. The predicted molar refractivity (Wildman–Crippen MR) is 74.0 cm³/mol. The third-order valence-electron chi connectivity index (χ3n) is 3.40. The first-order valence-corrected chi connectivity index (χ1v) is 6.63. The van der Waals surface area contributed by atoms with Crippen molar-refractivity contribution in [2.24, 2.45) is 5.92 Å². The Hall–Kier alpha value is -1.90. The van der Waals surface area contributed by atoms with Crippen molar-refractivity contribution in [1.82, 2.24) is 0 Å². The van der Waals surface area contributed by atoms with Gasteiger partial charge in [-0.05, 0) is 18.8 Å². The molecule has 0 aliphatic heterocycles. The SMILES string of the molecule is CC(C)CCCC1=C(O)c2ccccc2C(=O)C1=O. The highest BCUT2D eigenvalue weighted by Crippen LogP contribution is 2.30. The largest absolute Gasteiger partial charge is 0.507 e. The first-order valence-electron chi connectivity index (χ1n) is 6.63. The summed E-state index contributed by atoms with van der Waals surface area (Å²) in [6.45, 7) is 4.22. The van der Waals surface area contributed by atoms with E-state index in [1.807, 2.05) is 0 Å². The number of ketones is 2. The van der Waals surface area contributed by atoms with Crippen molar-refractivity contribution in [3.63, 3.8) is 0 Å². The highest BCUT2D eigenvalue weighted by atomic mass is 16.3. The quantitative estimate of drug-likeness (QED) is 0.840. The zero-order valence-electron chi connectivity index (χ0n) is 11.3. The van der Waals surface area contributed by atoms with Crippen LogP contribution in [0.1, 0.15) is 49.0 Å². The van der Waals surface area contributed by atoms with Crippen molar-refractivity contribution in [2.45, 2.75) is 33.1 Å². The minimum atomic E-state index is -0.556. The summed E-state index contributed by atoms with van der Waals surface area (Å²) in [6.07, 6.45) is 2.24. The Morgan fingerprint density at radius 3 is 2.32 bits per heavy atom. The maximum Gasteiger partial charge on any atom is 0.234 e. The van der Waals surface area contributed by atoms with E-state index in [0.717, 1.165) is 12.8 Å². The lowest BCUT2D eigenvalue weighted by molar-refractivity contribution is -0.112. The van der Waals surface area contributed by atoms with Gasteiger partial charge in [0.05, 0.1) is 0 Å². The molecular weight excluding hydrogens is 240 g/mol. The second-order valence-electron chi connectivity index (χ2n) is 5.32. The minimum absolute atomic E-state index is 0.0241. The fourth-order valence-electron chi connectivity index (χ4n) is 2.34. The van der Waals surface area contributed by atoms with Crippen LogP contribution in [-0.2, 0) is 4.79 Å². The van der Waals surface area contributed by atoms with E-state index in [1.165, 1.54) is 0 Å². The molecule has 0 fully saturated rings. The molecular formula is C16H18O3. The molecule has 0 unspecified atom stereocenters. The molecule has 0 amide bonds. The zero-order valence-corrected chi connectivity index (χ0v) is 11.3. The molecule has 3 nitrogen and oxygen atoms in total. The molecule has 0 radical (unpaired) electrons. The second-order valence-corrected chi connectivity index (χ2v) is 5.32. The summed E-state index contributed by atoms with van der Waals surface area (Å²) < 4.78 is 0. The number of Topliss-reactive ketones (excluding diaryl/α,β-unsaturated/α-hetero) is 2. The first-order chi connectivity index (χ1) is 9.02. The lowest BCUT2D eigenvalue weighted by Gasteiger charge is -2.17. The van der Waals surface area contributed by atoms with Crippen LogP contribution in [0.2, 0.25) is 0 Å². The van der Waals surface area contributed by atoms with Gasteiger partial charge in [-0.3, -0.25) is 9.59 Å². The number of aliphatic hydroxyl groups excluding tert-OH is 1. The molecule has 0 bridgehead atoms. The number of hydrogen-bond acceptors (Lipinski definition) is 3. The third kappa shape index (κ3) is 2.60. The van der Waals surface area contributed by atoms with Crippen molar-refractivity contribution < 1.29 is 14.7 Å². The van der Waals surface area contributed by atoms with Gasteiger partial charge in [-0.2, -0.15) is 0 Å². The number of benzene rings is 1. The fourth-order valence-corrected chi connectivity index (χ4v) is 2.34. The zero-order chi connectivity index (χ0) is 14.0. The van der Waals surface area contributed by atoms with E-state index < -0.39 is 11.6 Å². The number of carbonyl (C=O) groups excluding carboxylic acids is 2. The molecule has 1 aromatic carbocycles. The number of hydrogen-bond donors (Lipinski definition) is 1. The summed E-state index contributed by atoms with van der Waals surface area (Å²) in [6, 6.07) is 6.71. The highest BCUT2D eigenvalue weighted by molar-refractivity contribution is 6.52. The van der Waals surface area contributed by atoms with Crippen molar-refractivity contribution in [3.8, 4) is 0 Å². The van der Waals surface area contributed by atoms with Crippen molar-refractivity contribution in [3.05, 3.63) is 41.0 Å². The van der Waals surface area contributed by atoms with Gasteiger partial charge in [-0.1, -0.05) is 44.5 Å². The molecule has 3 heteroatoms. The topological polar surface area (TPSA) is 54.4 Å². The standard InChI is InChI=1S/C16H18O3/c1-10(2)6-5-9-13-14(17)11-7-3-4-8-12(11)15(18)16(13)19/h3-4,7-8,10,17H,5-6,9H2,1-2H3. The summed E-state index contributed by atoms with van der Waals surface area (Å²) in [7, 11) is 0. The predicted octanol–water partition coefficient (Wildman–Crippen LogP) is 3.55. The van der Waals surface area contributed by atoms with Gasteiger partial charge in [-0.15, -0.1) is 0 Å². The van der Waals surface area contributed by atoms with Gasteiger partial charge in [0, 0.05) is 16.7 Å². The summed E-state index contributed by atoms with van der Waals surface area (Å²) >= 11 is 0. The Morgan fingerprint density at radius 2 is 1.68 bits per heavy atom. The number of allylic oxidation sites excluding steroid dienone is 1. The van der Waals surface area contributed by atoms with E-state index in [0.29, 0.717) is 23.5 Å². The molecule has 19 heavy (non-hydrogen) atoms. The number of fused-ring (bicyclic) bond motifs is 1. The van der Waals surface area contributed by atoms with Gasteiger partial charge in [0.15, 0.2) is 0 Å². The molecule has 0 spiro atoms. The molecule has 2 rings (SSSR count). The Balaban J connectivity index is 2.32. The average molecular weight is 258 g/mol. The van der Waals surface area contributed by atoms with Crippen LogP contribution in [0.5, 0.6) is 0 Å². The van der Waals surface area contributed by atoms with Crippen molar-refractivity contribution >= 4 is 17.3 Å². The normalized spacial score (nSPS) is 15.1. The van der Waals surface area contributed by atoms with Gasteiger partial charge in [-0.25, -0.2) is 0 Å². The number of aliphatic hydroxyl groups is 1. The van der Waals surface area contributed by atoms with E-state index in [9.17, 15) is 14.7 Å². The lowest BCUT2D eigenvalue weighted by atomic mass is 9.86. The van der Waals surface area contributed by atoms with Gasteiger partial charge in [0.2, 0.25) is 11.6 Å². The molecule has 100 valence electrons. The second kappa shape index (κ2) is 5.39. The van der Waals surface area contributed by atoms with Crippen LogP contribution in [0.4, 0.5) is 0 Å². The van der Waals surface area contributed by atoms with Crippen LogP contribution in [0.15, 0.2) is 29.8 Å². The lowest BCUT2D eigenvalue weighted by Crippen LogP contribution is -2.24. The van der Waals surface area contributed by atoms with Gasteiger partial charge in [0.1, 0.15) is 5.76 Å². The molecule has 1 aromatic rings. The average Bonchev–Trinajstić information content (AvgIpc) is 2.40. The minimum Gasteiger partial charge on any atom is -0.507 e. The highest BCUT2D eigenvalue weighted by Gasteiger charge is 2.31. The molecule has 1 N–H and O–H groups in total. The van der Waals surface area contributed by atoms with Gasteiger partial charge >= 0.3 is 0 Å². The number of carbonyl (C=O) groups is 2. The van der Waals surface area contributed by atoms with E-state index in [-0.39, 0.29) is 11.3 Å². The van der Waals surface area contributed by atoms with Crippen LogP contribution in [0, 0.1) is 5.92 Å². The Morgan fingerprint density at radius 1 is 1.05 bits per heavy atom. The Bertz CT molecular complexity index is 553. The fraction of sp³-hybridized carbons (Fsp3) is 0.375. The monoisotopic (exact) mass is 258 g/mol. The van der Waals surface area contributed by atoms with Gasteiger partial charge in [0.25, 0.3) is 0 Å². The molecule has 0 atom stereocenters. The van der Waals surface area contributed by atoms with Crippen LogP contribution < -0.4 is 0 Å². The van der Waals surface area contributed by atoms with Gasteiger partial charge < -0.3 is 5.11 Å². The summed E-state index contributed by atoms with van der Waals surface area (Å²) in [5, 5.41) is 10.2. The third-order valence-corrected chi connectivity index (χ3v) is 3.40. The molecule has 0 heterocycles. The molecule has 1 aliphatic carbocycles. The Labute approximate surface area is 113 Å². The maximum absolute atomic E-state index is 12.0. The van der Waals surface area contributed by atoms with Crippen LogP contribution >= 0.6 is 0 Å². The van der Waals surface area contributed by atoms with Crippen LogP contribution in [0.3, 0.4) is 0 Å². The Kier molecular flexibility index (Phi) is 3.84. The van der Waals surface area contributed by atoms with Crippen LogP contribution in [0.25, 0.3) is 5.76 Å². The summed E-state index contributed by atoms with van der Waals surface area (Å²) in [5.41, 5.74) is 1.05. The summed E-state index contributed by atoms with van der Waals surface area (Å²) in [4.78, 5) is 24.0. The molecule has 0 saturated carbocycles.